The third-order valence-corrected chi connectivity index (χ3v) is 7.08. The number of carbonyl (C=O) groups excluding carboxylic acids is 2. The zero-order chi connectivity index (χ0) is 23.5. The maximum absolute atomic E-state index is 13.1. The van der Waals surface area contributed by atoms with Gasteiger partial charge in [0.05, 0.1) is 11.8 Å². The topological polar surface area (TPSA) is 80.1 Å². The summed E-state index contributed by atoms with van der Waals surface area (Å²) in [6.45, 7) is 6.67. The van der Waals surface area contributed by atoms with Crippen molar-refractivity contribution < 1.29 is 9.59 Å². The first-order chi connectivity index (χ1) is 15.8. The predicted molar refractivity (Wildman–Crippen MR) is 130 cm³/mol. The van der Waals surface area contributed by atoms with E-state index in [0.717, 1.165) is 41.0 Å². The van der Waals surface area contributed by atoms with Crippen LogP contribution in [0.25, 0.3) is 0 Å². The summed E-state index contributed by atoms with van der Waals surface area (Å²) in [7, 11) is 1.90. The molecule has 172 valence electrons. The first-order valence-corrected chi connectivity index (χ1v) is 12.1. The number of amides is 2. The second-order valence-corrected chi connectivity index (χ2v) is 9.47. The van der Waals surface area contributed by atoms with Gasteiger partial charge in [0.15, 0.2) is 11.0 Å². The summed E-state index contributed by atoms with van der Waals surface area (Å²) in [5.41, 5.74) is 4.74. The molecule has 3 aromatic rings. The zero-order valence-corrected chi connectivity index (χ0v) is 20.3. The van der Waals surface area contributed by atoms with Crippen molar-refractivity contribution in [2.24, 2.45) is 7.05 Å². The van der Waals surface area contributed by atoms with Gasteiger partial charge in [0.2, 0.25) is 5.91 Å². The van der Waals surface area contributed by atoms with Crippen molar-refractivity contribution in [2.45, 2.75) is 44.8 Å². The Morgan fingerprint density at radius 1 is 1.06 bits per heavy atom. The molecule has 8 heteroatoms. The first-order valence-electron chi connectivity index (χ1n) is 11.1. The molecule has 0 spiro atoms. The zero-order valence-electron chi connectivity index (χ0n) is 19.5. The van der Waals surface area contributed by atoms with Crippen molar-refractivity contribution in [1.82, 2.24) is 19.7 Å². The molecule has 1 unspecified atom stereocenters. The maximum Gasteiger partial charge on any atom is 0.254 e. The molecule has 1 fully saturated rings. The second-order valence-electron chi connectivity index (χ2n) is 8.53. The molecule has 0 radical (unpaired) electrons. The molecule has 2 heterocycles. The molecule has 33 heavy (non-hydrogen) atoms. The number of aryl methyl sites for hydroxylation is 3. The van der Waals surface area contributed by atoms with Crippen LogP contribution < -0.4 is 5.32 Å². The maximum atomic E-state index is 13.1. The molecule has 0 saturated carbocycles. The monoisotopic (exact) mass is 463 g/mol. The third-order valence-electron chi connectivity index (χ3n) is 6.06. The van der Waals surface area contributed by atoms with Crippen LogP contribution in [-0.4, -0.2) is 43.8 Å². The third kappa shape index (κ3) is 4.95. The molecule has 1 aliphatic heterocycles. The van der Waals surface area contributed by atoms with Gasteiger partial charge < -0.3 is 14.8 Å². The van der Waals surface area contributed by atoms with E-state index in [1.807, 2.05) is 79.8 Å². The fraction of sp³-hybridized carbons (Fsp3) is 0.360. The molecule has 4 rings (SSSR count). The Morgan fingerprint density at radius 2 is 1.76 bits per heavy atom. The highest BCUT2D eigenvalue weighted by Crippen LogP contribution is 2.33. The van der Waals surface area contributed by atoms with E-state index in [2.05, 4.69) is 15.5 Å². The number of para-hydroxylation sites is 1. The summed E-state index contributed by atoms with van der Waals surface area (Å²) >= 11 is 1.35. The summed E-state index contributed by atoms with van der Waals surface area (Å²) < 4.78 is 1.91. The van der Waals surface area contributed by atoms with Crippen LogP contribution in [0.5, 0.6) is 0 Å². The van der Waals surface area contributed by atoms with Gasteiger partial charge in [0, 0.05) is 24.8 Å². The molecule has 2 aromatic carbocycles. The van der Waals surface area contributed by atoms with Gasteiger partial charge >= 0.3 is 0 Å². The average molecular weight is 464 g/mol. The number of aromatic nitrogens is 3. The number of anilines is 1. The van der Waals surface area contributed by atoms with Gasteiger partial charge in [0.1, 0.15) is 0 Å². The van der Waals surface area contributed by atoms with Gasteiger partial charge in [-0.1, -0.05) is 47.7 Å². The molecule has 1 aromatic heterocycles. The number of nitrogens with zero attached hydrogens (tertiary/aromatic N) is 4. The van der Waals surface area contributed by atoms with Crippen molar-refractivity contribution in [1.29, 1.82) is 0 Å². The van der Waals surface area contributed by atoms with Crippen molar-refractivity contribution in [3.63, 3.8) is 0 Å². The second kappa shape index (κ2) is 9.79. The van der Waals surface area contributed by atoms with E-state index in [0.29, 0.717) is 17.3 Å². The number of benzene rings is 2. The quantitative estimate of drug-likeness (QED) is 0.547. The van der Waals surface area contributed by atoms with Gasteiger partial charge in [-0.05, 0) is 56.9 Å². The molecule has 1 saturated heterocycles. The summed E-state index contributed by atoms with van der Waals surface area (Å²) in [5, 5.41) is 12.4. The summed E-state index contributed by atoms with van der Waals surface area (Å²) in [4.78, 5) is 27.5. The fourth-order valence-corrected chi connectivity index (χ4v) is 4.92. The van der Waals surface area contributed by atoms with Crippen LogP contribution >= 0.6 is 11.8 Å². The highest BCUT2D eigenvalue weighted by molar-refractivity contribution is 7.99. The van der Waals surface area contributed by atoms with Crippen molar-refractivity contribution >= 4 is 29.3 Å². The van der Waals surface area contributed by atoms with Gasteiger partial charge in [0.25, 0.3) is 5.91 Å². The fourth-order valence-electron chi connectivity index (χ4n) is 4.20. The molecule has 7 nitrogen and oxygen atoms in total. The number of hydrogen-bond donors (Lipinski definition) is 1. The highest BCUT2D eigenvalue weighted by atomic mass is 32.2. The molecular weight excluding hydrogens is 434 g/mol. The lowest BCUT2D eigenvalue weighted by Gasteiger charge is -2.24. The lowest BCUT2D eigenvalue weighted by Crippen LogP contribution is -2.31. The lowest BCUT2D eigenvalue weighted by molar-refractivity contribution is -0.113. The SMILES string of the molecule is Cc1ccc(C(=O)N2CCCC2c2nnc(SCC(=O)Nc3c(C)cccc3C)n2C)cc1. The van der Waals surface area contributed by atoms with Crippen molar-refractivity contribution in [3.05, 3.63) is 70.5 Å². The van der Waals surface area contributed by atoms with E-state index < -0.39 is 0 Å². The molecule has 1 aliphatic rings. The Labute approximate surface area is 198 Å². The average Bonchev–Trinajstić information content (AvgIpc) is 3.41. The summed E-state index contributed by atoms with van der Waals surface area (Å²) in [5.74, 6) is 0.920. The predicted octanol–water partition coefficient (Wildman–Crippen LogP) is 4.45. The molecule has 1 N–H and O–H groups in total. The van der Waals surface area contributed by atoms with Crippen LogP contribution in [0, 0.1) is 20.8 Å². The Bertz CT molecular complexity index is 1150. The molecule has 0 bridgehead atoms. The summed E-state index contributed by atoms with van der Waals surface area (Å²) in [6, 6.07) is 13.5. The van der Waals surface area contributed by atoms with Crippen molar-refractivity contribution in [2.75, 3.05) is 17.6 Å². The number of nitrogens with one attached hydrogen (secondary N) is 1. The standard InChI is InChI=1S/C25H29N5O2S/c1-16-10-12-19(13-11-16)24(32)30-14-6-9-20(30)23-27-28-25(29(23)4)33-15-21(31)26-22-17(2)7-5-8-18(22)3/h5,7-8,10-13,20H,6,9,14-15H2,1-4H3,(H,26,31). The number of carbonyl (C=O) groups is 2. The van der Waals surface area contributed by atoms with Crippen LogP contribution in [0.3, 0.4) is 0 Å². The van der Waals surface area contributed by atoms with E-state index in [-0.39, 0.29) is 23.6 Å². The van der Waals surface area contributed by atoms with E-state index in [1.165, 1.54) is 11.8 Å². The van der Waals surface area contributed by atoms with Crippen molar-refractivity contribution in [3.8, 4) is 0 Å². The van der Waals surface area contributed by atoms with Gasteiger partial charge in [-0.25, -0.2) is 0 Å². The van der Waals surface area contributed by atoms with E-state index in [1.54, 1.807) is 0 Å². The molecular formula is C25H29N5O2S. The van der Waals surface area contributed by atoms with Gasteiger partial charge in [-0.15, -0.1) is 10.2 Å². The number of hydrogen-bond acceptors (Lipinski definition) is 5. The molecule has 2 amide bonds. The van der Waals surface area contributed by atoms with E-state index >= 15 is 0 Å². The Balaban J connectivity index is 1.43. The minimum absolute atomic E-state index is 0.0164. The van der Waals surface area contributed by atoms with Crippen LogP contribution in [0.1, 0.15) is 51.8 Å². The minimum Gasteiger partial charge on any atom is -0.328 e. The highest BCUT2D eigenvalue weighted by Gasteiger charge is 2.34. The van der Waals surface area contributed by atoms with Gasteiger partial charge in [-0.3, -0.25) is 9.59 Å². The smallest absolute Gasteiger partial charge is 0.254 e. The first kappa shape index (κ1) is 23.0. The Morgan fingerprint density at radius 3 is 2.45 bits per heavy atom. The minimum atomic E-state index is -0.117. The number of likely N-dealkylation sites (tertiary alicyclic amines) is 1. The van der Waals surface area contributed by atoms with E-state index in [4.69, 9.17) is 0 Å². The largest absolute Gasteiger partial charge is 0.328 e. The Kier molecular flexibility index (Phi) is 6.83. The van der Waals surface area contributed by atoms with Crippen LogP contribution in [0.4, 0.5) is 5.69 Å². The normalized spacial score (nSPS) is 15.6. The number of thioether (sulfide) groups is 1. The number of rotatable bonds is 6. The van der Waals surface area contributed by atoms with Gasteiger partial charge in [-0.2, -0.15) is 0 Å². The van der Waals surface area contributed by atoms with E-state index in [9.17, 15) is 9.59 Å². The van der Waals surface area contributed by atoms with Crippen LogP contribution in [0.15, 0.2) is 47.6 Å². The molecule has 0 aliphatic carbocycles. The Hall–Kier alpha value is -3.13. The summed E-state index contributed by atoms with van der Waals surface area (Å²) in [6.07, 6.45) is 1.77. The van der Waals surface area contributed by atoms with Crippen LogP contribution in [-0.2, 0) is 11.8 Å². The van der Waals surface area contributed by atoms with Crippen LogP contribution in [0.2, 0.25) is 0 Å². The lowest BCUT2D eigenvalue weighted by atomic mass is 10.1. The molecule has 1 atom stereocenters.